The molecule has 0 radical (unpaired) electrons. The lowest BCUT2D eigenvalue weighted by Gasteiger charge is -2.36. The van der Waals surface area contributed by atoms with Crippen molar-refractivity contribution < 1.29 is 9.90 Å². The summed E-state index contributed by atoms with van der Waals surface area (Å²) < 4.78 is 0.961. The number of piperidine rings is 1. The Kier molecular flexibility index (Phi) is 5.38. The van der Waals surface area contributed by atoms with Crippen LogP contribution in [0.2, 0.25) is 0 Å². The molecule has 1 N–H and O–H groups in total. The topological polar surface area (TPSA) is 43.8 Å². The number of carbonyl (C=O) groups is 1. The molecule has 0 bridgehead atoms. The van der Waals surface area contributed by atoms with Crippen LogP contribution in [0, 0.1) is 0 Å². The van der Waals surface area contributed by atoms with E-state index in [9.17, 15) is 9.90 Å². The number of halogens is 1. The van der Waals surface area contributed by atoms with Gasteiger partial charge in [0.1, 0.15) is 0 Å². The van der Waals surface area contributed by atoms with Crippen molar-refractivity contribution in [2.45, 2.75) is 18.9 Å². The van der Waals surface area contributed by atoms with Gasteiger partial charge in [0, 0.05) is 12.6 Å². The molecule has 0 aromatic carbocycles. The van der Waals surface area contributed by atoms with Crippen LogP contribution in [0.5, 0.6) is 0 Å². The highest BCUT2D eigenvalue weighted by Crippen LogP contribution is 2.25. The second-order valence-electron chi connectivity index (χ2n) is 4.86. The number of likely N-dealkylation sites (tertiary alicyclic amines) is 1. The molecule has 0 atom stereocenters. The van der Waals surface area contributed by atoms with E-state index in [4.69, 9.17) is 0 Å². The average molecular weight is 347 g/mol. The van der Waals surface area contributed by atoms with Gasteiger partial charge in [-0.3, -0.25) is 4.79 Å². The Hall–Kier alpha value is -0.430. The quantitative estimate of drug-likeness (QED) is 0.907. The largest absolute Gasteiger partial charge is 0.395 e. The summed E-state index contributed by atoms with van der Waals surface area (Å²) in [5.74, 6) is 0.0410. The van der Waals surface area contributed by atoms with Crippen molar-refractivity contribution in [2.24, 2.45) is 0 Å². The smallest absolute Gasteiger partial charge is 0.264 e. The Morgan fingerprint density at radius 1 is 1.53 bits per heavy atom. The van der Waals surface area contributed by atoms with Gasteiger partial charge in [-0.1, -0.05) is 0 Å². The lowest BCUT2D eigenvalue weighted by molar-refractivity contribution is 0.0544. The third-order valence-electron chi connectivity index (χ3n) is 3.51. The van der Waals surface area contributed by atoms with Crippen LogP contribution in [0.15, 0.2) is 15.9 Å². The van der Waals surface area contributed by atoms with Crippen LogP contribution in [-0.4, -0.2) is 60.1 Å². The molecule has 1 fully saturated rings. The second kappa shape index (κ2) is 6.83. The highest BCUT2D eigenvalue weighted by molar-refractivity contribution is 9.11. The number of carbonyl (C=O) groups excluding carboxylic acids is 1. The van der Waals surface area contributed by atoms with E-state index in [1.807, 2.05) is 17.0 Å². The molecule has 2 heterocycles. The van der Waals surface area contributed by atoms with Crippen LogP contribution < -0.4 is 0 Å². The highest BCUT2D eigenvalue weighted by atomic mass is 79.9. The summed E-state index contributed by atoms with van der Waals surface area (Å²) in [7, 11) is 2.10. The Labute approximate surface area is 126 Å². The number of amides is 1. The van der Waals surface area contributed by atoms with Crippen molar-refractivity contribution in [2.75, 3.05) is 33.3 Å². The number of hydrogen-bond acceptors (Lipinski definition) is 4. The highest BCUT2D eigenvalue weighted by Gasteiger charge is 2.27. The summed E-state index contributed by atoms with van der Waals surface area (Å²) in [6.45, 7) is 2.45. The summed E-state index contributed by atoms with van der Waals surface area (Å²) in [6, 6.07) is 3.98. The number of aliphatic hydroxyl groups is 1. The van der Waals surface area contributed by atoms with E-state index in [1.54, 1.807) is 0 Å². The zero-order valence-electron chi connectivity index (χ0n) is 11.0. The maximum atomic E-state index is 12.5. The first-order chi connectivity index (χ1) is 9.11. The van der Waals surface area contributed by atoms with Gasteiger partial charge in [0.05, 0.1) is 15.3 Å². The SMILES string of the molecule is CN1CCC(N(CCO)C(=O)c2ccc(Br)s2)CC1. The molecule has 0 saturated carbocycles. The molecule has 1 aliphatic heterocycles. The number of rotatable bonds is 4. The van der Waals surface area contributed by atoms with Crippen LogP contribution in [0.1, 0.15) is 22.5 Å². The predicted molar refractivity (Wildman–Crippen MR) is 80.7 cm³/mol. The monoisotopic (exact) mass is 346 g/mol. The van der Waals surface area contributed by atoms with Crippen LogP contribution in [-0.2, 0) is 0 Å². The Balaban J connectivity index is 2.08. The molecule has 4 nitrogen and oxygen atoms in total. The van der Waals surface area contributed by atoms with E-state index in [0.29, 0.717) is 6.54 Å². The molecule has 19 heavy (non-hydrogen) atoms. The van der Waals surface area contributed by atoms with Gasteiger partial charge < -0.3 is 14.9 Å². The predicted octanol–water partition coefficient (Wildman–Crippen LogP) is 2.04. The molecular formula is C13H19BrN2O2S. The Bertz CT molecular complexity index is 430. The summed E-state index contributed by atoms with van der Waals surface area (Å²) in [6.07, 6.45) is 1.96. The van der Waals surface area contributed by atoms with Crippen molar-refractivity contribution in [3.63, 3.8) is 0 Å². The molecule has 6 heteroatoms. The molecule has 1 saturated heterocycles. The van der Waals surface area contributed by atoms with Gasteiger partial charge in [-0.2, -0.15) is 0 Å². The third kappa shape index (κ3) is 3.78. The summed E-state index contributed by atoms with van der Waals surface area (Å²) >= 11 is 4.83. The number of hydrogen-bond donors (Lipinski definition) is 1. The molecule has 106 valence electrons. The molecule has 0 aliphatic carbocycles. The lowest BCUT2D eigenvalue weighted by Crippen LogP contribution is -2.47. The van der Waals surface area contributed by atoms with E-state index >= 15 is 0 Å². The minimum Gasteiger partial charge on any atom is -0.395 e. The fraction of sp³-hybridized carbons (Fsp3) is 0.615. The number of aliphatic hydroxyl groups excluding tert-OH is 1. The first-order valence-electron chi connectivity index (χ1n) is 6.47. The molecule has 0 unspecified atom stereocenters. The van der Waals surface area contributed by atoms with Gasteiger partial charge in [0.2, 0.25) is 0 Å². The zero-order chi connectivity index (χ0) is 13.8. The number of nitrogens with zero attached hydrogens (tertiary/aromatic N) is 2. The molecule has 2 rings (SSSR count). The summed E-state index contributed by atoms with van der Waals surface area (Å²) in [5.41, 5.74) is 0. The molecule has 1 aliphatic rings. The van der Waals surface area contributed by atoms with E-state index < -0.39 is 0 Å². The first kappa shape index (κ1) is 15.0. The molecular weight excluding hydrogens is 328 g/mol. The van der Waals surface area contributed by atoms with E-state index in [2.05, 4.69) is 27.9 Å². The summed E-state index contributed by atoms with van der Waals surface area (Å²) in [4.78, 5) is 17.4. The fourth-order valence-electron chi connectivity index (χ4n) is 2.44. The average Bonchev–Trinajstić information content (AvgIpc) is 2.83. The van der Waals surface area contributed by atoms with Crippen molar-refractivity contribution in [3.8, 4) is 0 Å². The van der Waals surface area contributed by atoms with Crippen LogP contribution >= 0.6 is 27.3 Å². The van der Waals surface area contributed by atoms with Crippen LogP contribution in [0.4, 0.5) is 0 Å². The second-order valence-corrected chi connectivity index (χ2v) is 7.32. The maximum Gasteiger partial charge on any atom is 0.264 e. The van der Waals surface area contributed by atoms with Gasteiger partial charge in [-0.05, 0) is 61.0 Å². The van der Waals surface area contributed by atoms with Gasteiger partial charge in [0.15, 0.2) is 0 Å². The minimum absolute atomic E-state index is 0.0185. The zero-order valence-corrected chi connectivity index (χ0v) is 13.4. The van der Waals surface area contributed by atoms with Crippen molar-refractivity contribution in [3.05, 3.63) is 20.8 Å². The Morgan fingerprint density at radius 2 is 2.21 bits per heavy atom. The van der Waals surface area contributed by atoms with Crippen LogP contribution in [0.25, 0.3) is 0 Å². The fourth-order valence-corrected chi connectivity index (χ4v) is 3.78. The molecule has 1 aromatic rings. The maximum absolute atomic E-state index is 12.5. The standard InChI is InChI=1S/C13H19BrN2O2S/c1-15-6-4-10(5-7-15)16(8-9-17)13(18)11-2-3-12(14)19-11/h2-3,10,17H,4-9H2,1H3. The molecule has 1 amide bonds. The van der Waals surface area contributed by atoms with Gasteiger partial charge in [-0.25, -0.2) is 0 Å². The normalized spacial score (nSPS) is 17.6. The van der Waals surface area contributed by atoms with Crippen molar-refractivity contribution in [1.82, 2.24) is 9.80 Å². The van der Waals surface area contributed by atoms with Gasteiger partial charge >= 0.3 is 0 Å². The Morgan fingerprint density at radius 3 is 2.74 bits per heavy atom. The van der Waals surface area contributed by atoms with E-state index in [1.165, 1.54) is 11.3 Å². The first-order valence-corrected chi connectivity index (χ1v) is 8.08. The molecule has 1 aromatic heterocycles. The van der Waals surface area contributed by atoms with Gasteiger partial charge in [-0.15, -0.1) is 11.3 Å². The molecule has 0 spiro atoms. The lowest BCUT2D eigenvalue weighted by atomic mass is 10.0. The third-order valence-corrected chi connectivity index (χ3v) is 5.13. The van der Waals surface area contributed by atoms with Crippen molar-refractivity contribution >= 4 is 33.2 Å². The van der Waals surface area contributed by atoms with Gasteiger partial charge in [0.25, 0.3) is 5.91 Å². The van der Waals surface area contributed by atoms with E-state index in [0.717, 1.165) is 34.6 Å². The van der Waals surface area contributed by atoms with E-state index in [-0.39, 0.29) is 18.6 Å². The van der Waals surface area contributed by atoms with Crippen molar-refractivity contribution in [1.29, 1.82) is 0 Å². The number of thiophene rings is 1. The summed E-state index contributed by atoms with van der Waals surface area (Å²) in [5, 5.41) is 9.21. The van der Waals surface area contributed by atoms with Crippen LogP contribution in [0.3, 0.4) is 0 Å². The minimum atomic E-state index is 0.0185.